The number of anilines is 1. The Balaban J connectivity index is 1.63. The van der Waals surface area contributed by atoms with Crippen LogP contribution in [0.2, 0.25) is 0 Å². The van der Waals surface area contributed by atoms with Crippen LogP contribution in [0.3, 0.4) is 0 Å². The van der Waals surface area contributed by atoms with Crippen LogP contribution in [-0.4, -0.2) is 32.3 Å². The van der Waals surface area contributed by atoms with E-state index < -0.39 is 0 Å². The minimum Gasteiger partial charge on any atom is -0.345 e. The summed E-state index contributed by atoms with van der Waals surface area (Å²) < 4.78 is 1.85. The number of nitrogens with zero attached hydrogens (tertiary/aromatic N) is 3. The Labute approximate surface area is 198 Å². The number of hydrogen-bond acceptors (Lipinski definition) is 5. The monoisotopic (exact) mass is 463 g/mol. The van der Waals surface area contributed by atoms with Crippen LogP contribution in [0.25, 0.3) is 0 Å². The molecule has 172 valence electrons. The first-order valence-electron chi connectivity index (χ1n) is 10.7. The number of carbonyl (C=O) groups excluding carboxylic acids is 2. The molecule has 7 nitrogen and oxygen atoms in total. The molecule has 0 atom stereocenters. The van der Waals surface area contributed by atoms with Gasteiger partial charge in [0.05, 0.1) is 12.3 Å². The van der Waals surface area contributed by atoms with Gasteiger partial charge < -0.3 is 15.2 Å². The average molecular weight is 464 g/mol. The molecule has 0 bridgehead atoms. The summed E-state index contributed by atoms with van der Waals surface area (Å²) in [6.07, 6.45) is 1.73. The van der Waals surface area contributed by atoms with Crippen LogP contribution in [-0.2, 0) is 17.9 Å². The van der Waals surface area contributed by atoms with Gasteiger partial charge in [-0.3, -0.25) is 9.59 Å². The quantitative estimate of drug-likeness (QED) is 0.364. The Morgan fingerprint density at radius 3 is 2.33 bits per heavy atom. The highest BCUT2D eigenvalue weighted by Crippen LogP contribution is 2.23. The van der Waals surface area contributed by atoms with Crippen molar-refractivity contribution in [2.75, 3.05) is 11.1 Å². The minimum absolute atomic E-state index is 0.113. The molecular formula is C25H29N5O2S. The van der Waals surface area contributed by atoms with E-state index in [0.717, 1.165) is 27.9 Å². The van der Waals surface area contributed by atoms with Crippen molar-refractivity contribution in [2.24, 2.45) is 0 Å². The second-order valence-corrected chi connectivity index (χ2v) is 8.90. The highest BCUT2D eigenvalue weighted by molar-refractivity contribution is 7.99. The summed E-state index contributed by atoms with van der Waals surface area (Å²) in [4.78, 5) is 25.0. The molecule has 3 rings (SSSR count). The summed E-state index contributed by atoms with van der Waals surface area (Å²) in [6, 6.07) is 11.5. The first kappa shape index (κ1) is 24.3. The number of amides is 2. The molecule has 0 spiro atoms. The van der Waals surface area contributed by atoms with E-state index in [1.165, 1.54) is 11.8 Å². The third kappa shape index (κ3) is 6.32. The van der Waals surface area contributed by atoms with Gasteiger partial charge in [0.25, 0.3) is 5.91 Å². The van der Waals surface area contributed by atoms with Crippen LogP contribution in [0.5, 0.6) is 0 Å². The Morgan fingerprint density at radius 1 is 1.03 bits per heavy atom. The van der Waals surface area contributed by atoms with Crippen molar-refractivity contribution in [3.8, 4) is 0 Å². The van der Waals surface area contributed by atoms with Crippen molar-refractivity contribution in [1.82, 2.24) is 20.1 Å². The number of aromatic nitrogens is 3. The Morgan fingerprint density at radius 2 is 1.70 bits per heavy atom. The van der Waals surface area contributed by atoms with Gasteiger partial charge in [0.1, 0.15) is 0 Å². The van der Waals surface area contributed by atoms with Crippen LogP contribution in [0.4, 0.5) is 5.69 Å². The van der Waals surface area contributed by atoms with Crippen LogP contribution >= 0.6 is 11.8 Å². The van der Waals surface area contributed by atoms with Gasteiger partial charge in [0.15, 0.2) is 11.0 Å². The molecule has 0 unspecified atom stereocenters. The zero-order valence-electron chi connectivity index (χ0n) is 19.4. The van der Waals surface area contributed by atoms with Crippen molar-refractivity contribution in [3.63, 3.8) is 0 Å². The molecule has 0 aliphatic rings. The largest absolute Gasteiger partial charge is 0.345 e. The Hall–Kier alpha value is -3.39. The summed E-state index contributed by atoms with van der Waals surface area (Å²) >= 11 is 1.30. The number of nitrogens with one attached hydrogen (secondary N) is 2. The second kappa shape index (κ2) is 11.0. The molecule has 2 N–H and O–H groups in total. The standard InChI is InChI=1S/C25H29N5O2S/c1-6-11-30-21(14-26-24(32)20-9-7-16(2)8-10-20)28-29-25(30)33-15-22(31)27-23-18(4)12-17(3)13-19(23)5/h6-10,12-13H,1,11,14-15H2,2-5H3,(H,26,32)(H,27,31). The summed E-state index contributed by atoms with van der Waals surface area (Å²) in [7, 11) is 0. The molecule has 3 aromatic rings. The topological polar surface area (TPSA) is 88.9 Å². The van der Waals surface area contributed by atoms with Crippen LogP contribution in [0.15, 0.2) is 54.2 Å². The van der Waals surface area contributed by atoms with Gasteiger partial charge in [0.2, 0.25) is 5.91 Å². The number of allylic oxidation sites excluding steroid dienone is 1. The van der Waals surface area contributed by atoms with E-state index in [1.54, 1.807) is 18.2 Å². The van der Waals surface area contributed by atoms with E-state index in [1.807, 2.05) is 56.5 Å². The number of hydrogen-bond donors (Lipinski definition) is 2. The first-order chi connectivity index (χ1) is 15.8. The Bertz CT molecular complexity index is 1150. The first-order valence-corrected chi connectivity index (χ1v) is 11.7. The summed E-state index contributed by atoms with van der Waals surface area (Å²) in [5.74, 6) is 0.499. The fourth-order valence-electron chi connectivity index (χ4n) is 3.52. The van der Waals surface area contributed by atoms with Crippen molar-refractivity contribution < 1.29 is 9.59 Å². The molecule has 0 aliphatic carbocycles. The van der Waals surface area contributed by atoms with E-state index >= 15 is 0 Å². The third-order valence-corrected chi connectivity index (χ3v) is 6.07. The molecular weight excluding hydrogens is 434 g/mol. The predicted molar refractivity (Wildman–Crippen MR) is 133 cm³/mol. The molecule has 0 saturated heterocycles. The number of aryl methyl sites for hydroxylation is 4. The molecule has 33 heavy (non-hydrogen) atoms. The molecule has 0 saturated carbocycles. The number of thioether (sulfide) groups is 1. The second-order valence-electron chi connectivity index (χ2n) is 7.96. The lowest BCUT2D eigenvalue weighted by molar-refractivity contribution is -0.113. The van der Waals surface area contributed by atoms with Crippen LogP contribution in [0, 0.1) is 27.7 Å². The number of carbonyl (C=O) groups is 2. The lowest BCUT2D eigenvalue weighted by Gasteiger charge is -2.13. The normalized spacial score (nSPS) is 10.7. The lowest BCUT2D eigenvalue weighted by atomic mass is 10.1. The van der Waals surface area contributed by atoms with Crippen molar-refractivity contribution >= 4 is 29.3 Å². The predicted octanol–water partition coefficient (Wildman–Crippen LogP) is 4.36. The SMILES string of the molecule is C=CCn1c(CNC(=O)c2ccc(C)cc2)nnc1SCC(=O)Nc1c(C)cc(C)cc1C. The summed E-state index contributed by atoms with van der Waals surface area (Å²) in [6.45, 7) is 12.5. The van der Waals surface area contributed by atoms with Gasteiger partial charge in [0, 0.05) is 17.8 Å². The van der Waals surface area contributed by atoms with Crippen LogP contribution < -0.4 is 10.6 Å². The van der Waals surface area contributed by atoms with E-state index in [2.05, 4.69) is 27.4 Å². The van der Waals surface area contributed by atoms with Gasteiger partial charge in [-0.2, -0.15) is 0 Å². The molecule has 2 aromatic carbocycles. The average Bonchev–Trinajstić information content (AvgIpc) is 3.15. The van der Waals surface area contributed by atoms with Gasteiger partial charge >= 0.3 is 0 Å². The van der Waals surface area contributed by atoms with E-state index in [0.29, 0.717) is 23.1 Å². The lowest BCUT2D eigenvalue weighted by Crippen LogP contribution is -2.24. The zero-order valence-corrected chi connectivity index (χ0v) is 20.3. The number of benzene rings is 2. The Kier molecular flexibility index (Phi) is 8.06. The molecule has 0 fully saturated rings. The maximum atomic E-state index is 12.6. The smallest absolute Gasteiger partial charge is 0.251 e. The maximum absolute atomic E-state index is 12.6. The fourth-order valence-corrected chi connectivity index (χ4v) is 4.28. The molecule has 0 radical (unpaired) electrons. The maximum Gasteiger partial charge on any atom is 0.251 e. The van der Waals surface area contributed by atoms with Gasteiger partial charge in [-0.25, -0.2) is 0 Å². The summed E-state index contributed by atoms with van der Waals surface area (Å²) in [5, 5.41) is 14.9. The molecule has 1 aromatic heterocycles. The van der Waals surface area contributed by atoms with E-state index in [-0.39, 0.29) is 24.1 Å². The van der Waals surface area contributed by atoms with Crippen molar-refractivity contribution in [3.05, 3.63) is 82.7 Å². The summed E-state index contributed by atoms with van der Waals surface area (Å²) in [5.41, 5.74) is 5.76. The van der Waals surface area contributed by atoms with E-state index in [4.69, 9.17) is 0 Å². The number of rotatable bonds is 9. The molecule has 0 aliphatic heterocycles. The van der Waals surface area contributed by atoms with Crippen molar-refractivity contribution in [2.45, 2.75) is 45.9 Å². The van der Waals surface area contributed by atoms with Gasteiger partial charge in [-0.05, 0) is 51.0 Å². The zero-order chi connectivity index (χ0) is 24.0. The molecule has 1 heterocycles. The molecule has 8 heteroatoms. The third-order valence-electron chi connectivity index (χ3n) is 5.10. The van der Waals surface area contributed by atoms with Crippen molar-refractivity contribution in [1.29, 1.82) is 0 Å². The minimum atomic E-state index is -0.180. The fraction of sp³-hybridized carbons (Fsp3) is 0.280. The highest BCUT2D eigenvalue weighted by atomic mass is 32.2. The van der Waals surface area contributed by atoms with Gasteiger partial charge in [-0.15, -0.1) is 16.8 Å². The molecule has 2 amide bonds. The van der Waals surface area contributed by atoms with Crippen LogP contribution in [0.1, 0.15) is 38.4 Å². The van der Waals surface area contributed by atoms with Gasteiger partial charge in [-0.1, -0.05) is 53.2 Å². The highest BCUT2D eigenvalue weighted by Gasteiger charge is 2.16. The van der Waals surface area contributed by atoms with E-state index in [9.17, 15) is 9.59 Å².